The lowest BCUT2D eigenvalue weighted by atomic mass is 9.98. The van der Waals surface area contributed by atoms with Crippen molar-refractivity contribution in [1.29, 1.82) is 0 Å². The maximum atomic E-state index is 5.80. The molecule has 13 heavy (non-hydrogen) atoms. The molecule has 1 aromatic carbocycles. The van der Waals surface area contributed by atoms with E-state index in [-0.39, 0.29) is 0 Å². The molecule has 0 aliphatic heterocycles. The van der Waals surface area contributed by atoms with Gasteiger partial charge >= 0.3 is 0 Å². The molecule has 0 spiro atoms. The molecular weight excluding hydrogens is 162 g/mol. The zero-order valence-electron chi connectivity index (χ0n) is 8.50. The molecular formula is C11H17NO. The summed E-state index contributed by atoms with van der Waals surface area (Å²) >= 11 is 0. The Hall–Kier alpha value is -1.18. The molecule has 0 fully saturated rings. The molecule has 2 nitrogen and oxygen atoms in total. The van der Waals surface area contributed by atoms with E-state index in [0.717, 1.165) is 17.9 Å². The van der Waals surface area contributed by atoms with Crippen LogP contribution in [0, 0.1) is 0 Å². The molecule has 0 radical (unpaired) electrons. The Morgan fingerprint density at radius 2 is 2.15 bits per heavy atom. The summed E-state index contributed by atoms with van der Waals surface area (Å²) in [5.74, 6) is 1.32. The summed E-state index contributed by atoms with van der Waals surface area (Å²) in [6.45, 7) is 4.37. The minimum Gasteiger partial charge on any atom is -0.495 e. The second-order valence-corrected chi connectivity index (χ2v) is 3.31. The molecule has 0 aromatic heterocycles. The molecule has 2 N–H and O–H groups in total. The third-order valence-corrected chi connectivity index (χ3v) is 2.44. The molecule has 0 bridgehead atoms. The second kappa shape index (κ2) is 4.17. The smallest absolute Gasteiger partial charge is 0.141 e. The molecule has 1 unspecified atom stereocenters. The molecule has 72 valence electrons. The van der Waals surface area contributed by atoms with E-state index in [1.54, 1.807) is 7.11 Å². The van der Waals surface area contributed by atoms with Crippen molar-refractivity contribution in [2.24, 2.45) is 0 Å². The van der Waals surface area contributed by atoms with E-state index in [0.29, 0.717) is 5.92 Å². The maximum absolute atomic E-state index is 5.80. The van der Waals surface area contributed by atoms with Crippen LogP contribution in [0.3, 0.4) is 0 Å². The number of nitrogen functional groups attached to an aromatic ring is 1. The van der Waals surface area contributed by atoms with Crippen LogP contribution in [-0.4, -0.2) is 7.11 Å². The fourth-order valence-corrected chi connectivity index (χ4v) is 1.30. The van der Waals surface area contributed by atoms with Gasteiger partial charge in [0.15, 0.2) is 0 Å². The van der Waals surface area contributed by atoms with Crippen LogP contribution in [0.25, 0.3) is 0 Å². The van der Waals surface area contributed by atoms with Crippen LogP contribution in [0.2, 0.25) is 0 Å². The Morgan fingerprint density at radius 3 is 2.62 bits per heavy atom. The Kier molecular flexibility index (Phi) is 3.18. The molecule has 0 heterocycles. The Bertz CT molecular complexity index is 283. The monoisotopic (exact) mass is 179 g/mol. The molecule has 2 heteroatoms. The summed E-state index contributed by atoms with van der Waals surface area (Å²) in [6.07, 6.45) is 1.13. The van der Waals surface area contributed by atoms with Crippen LogP contribution in [0.15, 0.2) is 18.2 Å². The van der Waals surface area contributed by atoms with Gasteiger partial charge in [-0.1, -0.05) is 19.9 Å². The lowest BCUT2D eigenvalue weighted by molar-refractivity contribution is 0.416. The van der Waals surface area contributed by atoms with Gasteiger partial charge in [0, 0.05) is 0 Å². The first-order valence-electron chi connectivity index (χ1n) is 4.62. The summed E-state index contributed by atoms with van der Waals surface area (Å²) < 4.78 is 5.09. The van der Waals surface area contributed by atoms with E-state index in [1.165, 1.54) is 5.56 Å². The van der Waals surface area contributed by atoms with Gasteiger partial charge in [0.05, 0.1) is 12.8 Å². The fraction of sp³-hybridized carbons (Fsp3) is 0.455. The third kappa shape index (κ3) is 2.14. The van der Waals surface area contributed by atoms with Gasteiger partial charge in [-0.2, -0.15) is 0 Å². The van der Waals surface area contributed by atoms with Crippen LogP contribution >= 0.6 is 0 Å². The van der Waals surface area contributed by atoms with E-state index < -0.39 is 0 Å². The summed E-state index contributed by atoms with van der Waals surface area (Å²) in [4.78, 5) is 0. The number of methoxy groups -OCH3 is 1. The van der Waals surface area contributed by atoms with Gasteiger partial charge in [-0.25, -0.2) is 0 Å². The Balaban J connectivity index is 2.95. The average Bonchev–Trinajstić information content (AvgIpc) is 2.16. The highest BCUT2D eigenvalue weighted by atomic mass is 16.5. The van der Waals surface area contributed by atoms with E-state index in [4.69, 9.17) is 10.5 Å². The molecule has 0 saturated heterocycles. The number of hydrogen-bond donors (Lipinski definition) is 1. The first kappa shape index (κ1) is 9.90. The lowest BCUT2D eigenvalue weighted by Crippen LogP contribution is -1.96. The van der Waals surface area contributed by atoms with Gasteiger partial charge in [-0.15, -0.1) is 0 Å². The molecule has 0 saturated carbocycles. The predicted molar refractivity (Wildman–Crippen MR) is 56.1 cm³/mol. The van der Waals surface area contributed by atoms with Crippen LogP contribution in [0.5, 0.6) is 5.75 Å². The van der Waals surface area contributed by atoms with Gasteiger partial charge in [0.25, 0.3) is 0 Å². The Labute approximate surface area is 79.7 Å². The molecule has 0 aliphatic rings. The van der Waals surface area contributed by atoms with Crippen LogP contribution in [0.4, 0.5) is 5.69 Å². The average molecular weight is 179 g/mol. The summed E-state index contributed by atoms with van der Waals surface area (Å²) in [6, 6.07) is 5.99. The van der Waals surface area contributed by atoms with Crippen molar-refractivity contribution in [2.45, 2.75) is 26.2 Å². The maximum Gasteiger partial charge on any atom is 0.141 e. The van der Waals surface area contributed by atoms with Crippen molar-refractivity contribution in [3.05, 3.63) is 23.8 Å². The normalized spacial score (nSPS) is 12.5. The number of hydrogen-bond acceptors (Lipinski definition) is 2. The van der Waals surface area contributed by atoms with Gasteiger partial charge in [-0.3, -0.25) is 0 Å². The van der Waals surface area contributed by atoms with E-state index in [9.17, 15) is 0 Å². The SMILES string of the molecule is CCC(C)c1ccc(OC)c(N)c1. The van der Waals surface area contributed by atoms with Crippen LogP contribution < -0.4 is 10.5 Å². The fourth-order valence-electron chi connectivity index (χ4n) is 1.30. The zero-order valence-corrected chi connectivity index (χ0v) is 8.50. The van der Waals surface area contributed by atoms with Crippen LogP contribution in [-0.2, 0) is 0 Å². The third-order valence-electron chi connectivity index (χ3n) is 2.44. The highest BCUT2D eigenvalue weighted by molar-refractivity contribution is 5.54. The van der Waals surface area contributed by atoms with Crippen molar-refractivity contribution in [2.75, 3.05) is 12.8 Å². The standard InChI is InChI=1S/C11H17NO/c1-4-8(2)9-5-6-11(13-3)10(12)7-9/h5-8H,4,12H2,1-3H3. The van der Waals surface area contributed by atoms with E-state index in [2.05, 4.69) is 19.9 Å². The predicted octanol–water partition coefficient (Wildman–Crippen LogP) is 2.79. The van der Waals surface area contributed by atoms with Gasteiger partial charge in [0.1, 0.15) is 5.75 Å². The minimum absolute atomic E-state index is 0.563. The number of nitrogens with two attached hydrogens (primary N) is 1. The topological polar surface area (TPSA) is 35.2 Å². The van der Waals surface area contributed by atoms with Crippen molar-refractivity contribution in [1.82, 2.24) is 0 Å². The Morgan fingerprint density at radius 1 is 1.46 bits per heavy atom. The molecule has 1 aromatic rings. The van der Waals surface area contributed by atoms with Gasteiger partial charge in [-0.05, 0) is 30.0 Å². The van der Waals surface area contributed by atoms with Crippen molar-refractivity contribution < 1.29 is 4.74 Å². The largest absolute Gasteiger partial charge is 0.495 e. The number of benzene rings is 1. The number of rotatable bonds is 3. The lowest BCUT2D eigenvalue weighted by Gasteiger charge is -2.11. The van der Waals surface area contributed by atoms with Crippen LogP contribution in [0.1, 0.15) is 31.7 Å². The highest BCUT2D eigenvalue weighted by Crippen LogP contribution is 2.27. The van der Waals surface area contributed by atoms with E-state index >= 15 is 0 Å². The first-order valence-corrected chi connectivity index (χ1v) is 4.62. The number of anilines is 1. The van der Waals surface area contributed by atoms with Gasteiger partial charge < -0.3 is 10.5 Å². The van der Waals surface area contributed by atoms with E-state index in [1.807, 2.05) is 12.1 Å². The highest BCUT2D eigenvalue weighted by Gasteiger charge is 2.05. The summed E-state index contributed by atoms with van der Waals surface area (Å²) in [7, 11) is 1.63. The first-order chi connectivity index (χ1) is 6.19. The van der Waals surface area contributed by atoms with Gasteiger partial charge in [0.2, 0.25) is 0 Å². The quantitative estimate of drug-likeness (QED) is 0.724. The van der Waals surface area contributed by atoms with Crippen molar-refractivity contribution >= 4 is 5.69 Å². The van der Waals surface area contributed by atoms with Crippen molar-refractivity contribution in [3.8, 4) is 5.75 Å². The minimum atomic E-state index is 0.563. The molecule has 1 rings (SSSR count). The molecule has 0 aliphatic carbocycles. The molecule has 1 atom stereocenters. The zero-order chi connectivity index (χ0) is 9.84. The summed E-state index contributed by atoms with van der Waals surface area (Å²) in [5.41, 5.74) is 7.80. The molecule has 0 amide bonds. The second-order valence-electron chi connectivity index (χ2n) is 3.31. The summed E-state index contributed by atoms with van der Waals surface area (Å²) in [5, 5.41) is 0. The van der Waals surface area contributed by atoms with Crippen molar-refractivity contribution in [3.63, 3.8) is 0 Å². The number of ether oxygens (including phenoxy) is 1.